The van der Waals surface area contributed by atoms with Gasteiger partial charge in [-0.15, -0.1) is 0 Å². The zero-order valence-corrected chi connectivity index (χ0v) is 26.6. The quantitative estimate of drug-likeness (QED) is 0.279. The molecule has 2 aromatic heterocycles. The average Bonchev–Trinajstić information content (AvgIpc) is 3.37. The zero-order valence-electron chi connectivity index (χ0n) is 19.3. The van der Waals surface area contributed by atoms with Gasteiger partial charge in [0.05, 0.1) is 0 Å². The van der Waals surface area contributed by atoms with E-state index in [1.165, 1.54) is 26.3 Å². The van der Waals surface area contributed by atoms with Crippen molar-refractivity contribution in [3.8, 4) is 9.88 Å². The van der Waals surface area contributed by atoms with Crippen molar-refractivity contribution in [2.45, 2.75) is 29.6 Å². The molecule has 0 atom stereocenters. The van der Waals surface area contributed by atoms with E-state index in [1.54, 1.807) is 5.79 Å². The van der Waals surface area contributed by atoms with Crippen molar-refractivity contribution >= 4 is 88.3 Å². The number of hydrogen-bond acceptors (Lipinski definition) is 3. The molecule has 0 aliphatic carbocycles. The van der Waals surface area contributed by atoms with Gasteiger partial charge in [0.15, 0.2) is 0 Å². The fourth-order valence-electron chi connectivity index (χ4n) is 3.72. The fourth-order valence-corrected chi connectivity index (χ4v) is 16.0. The molecule has 0 spiro atoms. The van der Waals surface area contributed by atoms with Crippen molar-refractivity contribution in [1.82, 2.24) is 4.98 Å². The molecule has 158 valence electrons. The van der Waals surface area contributed by atoms with Gasteiger partial charge in [0.1, 0.15) is 0 Å². The molecule has 0 unspecified atom stereocenters. The summed E-state index contributed by atoms with van der Waals surface area (Å²) >= 11 is -0.402. The minimum absolute atomic E-state index is 0.238. The van der Waals surface area contributed by atoms with Crippen LogP contribution in [0.1, 0.15) is 0 Å². The van der Waals surface area contributed by atoms with Crippen molar-refractivity contribution in [3.63, 3.8) is 0 Å². The Bertz CT molecular complexity index is 1120. The first-order chi connectivity index (χ1) is 14.6. The molecule has 0 aliphatic rings. The first-order valence-corrected chi connectivity index (χ1v) is 32.5. The van der Waals surface area contributed by atoms with Crippen LogP contribution in [0, 0.1) is 0 Å². The van der Waals surface area contributed by atoms with Crippen molar-refractivity contribution in [1.29, 1.82) is 0 Å². The molecule has 2 aromatic carbocycles. The van der Waals surface area contributed by atoms with Gasteiger partial charge in [0, 0.05) is 0 Å². The maximum absolute atomic E-state index is 4.98. The molecule has 0 saturated carbocycles. The van der Waals surface area contributed by atoms with E-state index in [9.17, 15) is 0 Å². The molecule has 1 nitrogen and oxygen atoms in total. The molecule has 31 heavy (non-hydrogen) atoms. The van der Waals surface area contributed by atoms with E-state index in [4.69, 9.17) is 4.98 Å². The molecule has 0 fully saturated rings. The van der Waals surface area contributed by atoms with E-state index < -0.39 is 36.8 Å². The second-order valence-corrected chi connectivity index (χ2v) is 43.1. The van der Waals surface area contributed by atoms with Gasteiger partial charge in [-0.05, 0) is 0 Å². The number of hydrogen-bond donors (Lipinski definition) is 0. The van der Waals surface area contributed by atoms with Gasteiger partial charge in [-0.25, -0.2) is 0 Å². The Kier molecular flexibility index (Phi) is 7.12. The Labute approximate surface area is 203 Å². The van der Waals surface area contributed by atoms with Crippen LogP contribution in [0.2, 0.25) is 29.6 Å². The third kappa shape index (κ3) is 5.34. The number of benzene rings is 2. The summed E-state index contributed by atoms with van der Waals surface area (Å²) in [6.45, 7) is 0.238. The molecule has 6 heteroatoms. The van der Waals surface area contributed by atoms with Crippen molar-refractivity contribution in [2.24, 2.45) is 0 Å². The Morgan fingerprint density at radius 3 is 1.65 bits per heavy atom. The SMILES string of the molecule is [CH3][Sn]([CH3])([CH3])[c]1cnc(-c2s[c]([Sn]([CH3])([CH3])[CH3])cc2B(c2ccccc2)c2ccccc2)s1. The van der Waals surface area contributed by atoms with Gasteiger partial charge < -0.3 is 0 Å². The molecule has 4 aromatic rings. The zero-order chi connectivity index (χ0) is 22.2. The summed E-state index contributed by atoms with van der Waals surface area (Å²) < 4.78 is 3.19. The molecule has 0 bridgehead atoms. The standard InChI is InChI=1S/C19H12BNS2.6CH3.2Sn/c1-3-7-15(8-4-1)20(16-9-5-2-6-10-16)17-11-13-22-18(17)19-21-12-14-23-19;;;;;;;;/h1-12H;6*1H3;;. The van der Waals surface area contributed by atoms with E-state index in [2.05, 4.69) is 103 Å². The fraction of sp³-hybridized carbons (Fsp3) is 0.240. The monoisotopic (exact) mass is 659 g/mol. The van der Waals surface area contributed by atoms with Crippen LogP contribution in [0.15, 0.2) is 72.9 Å². The number of thiophene rings is 1. The Balaban J connectivity index is 1.95. The van der Waals surface area contributed by atoms with Crippen LogP contribution < -0.4 is 22.2 Å². The van der Waals surface area contributed by atoms with E-state index in [1.807, 2.05) is 22.7 Å². The number of rotatable bonds is 6. The van der Waals surface area contributed by atoms with Gasteiger partial charge in [-0.2, -0.15) is 0 Å². The van der Waals surface area contributed by atoms with Crippen LogP contribution in [-0.4, -0.2) is 48.5 Å². The van der Waals surface area contributed by atoms with Crippen LogP contribution in [-0.2, 0) is 0 Å². The Hall–Kier alpha value is -0.568. The summed E-state index contributed by atoms with van der Waals surface area (Å²) in [5, 5.41) is 1.22. The van der Waals surface area contributed by atoms with Crippen molar-refractivity contribution in [2.75, 3.05) is 0 Å². The summed E-state index contributed by atoms with van der Waals surface area (Å²) in [5.74, 6) is 0. The van der Waals surface area contributed by atoms with Crippen LogP contribution in [0.5, 0.6) is 0 Å². The van der Waals surface area contributed by atoms with E-state index in [0.717, 1.165) is 0 Å². The summed E-state index contributed by atoms with van der Waals surface area (Å²) in [6, 6.07) is 24.5. The molecule has 2 heterocycles. The van der Waals surface area contributed by atoms with Gasteiger partial charge >= 0.3 is 206 Å². The molecular formula is C25H30BNS2Sn2. The summed E-state index contributed by atoms with van der Waals surface area (Å²) in [7, 11) is 0. The third-order valence-corrected chi connectivity index (χ3v) is 26.6. The van der Waals surface area contributed by atoms with Gasteiger partial charge in [-0.1, -0.05) is 0 Å². The minimum atomic E-state index is -2.24. The maximum atomic E-state index is 4.98. The predicted octanol–water partition coefficient (Wildman–Crippen LogP) is 4.48. The van der Waals surface area contributed by atoms with Crippen LogP contribution in [0.4, 0.5) is 0 Å². The first kappa shape index (κ1) is 23.6. The van der Waals surface area contributed by atoms with Crippen molar-refractivity contribution in [3.05, 3.63) is 72.9 Å². The predicted molar refractivity (Wildman–Crippen MR) is 149 cm³/mol. The van der Waals surface area contributed by atoms with Crippen molar-refractivity contribution < 1.29 is 0 Å². The van der Waals surface area contributed by atoms with E-state index >= 15 is 0 Å². The molecule has 0 N–H and O–H groups in total. The second kappa shape index (κ2) is 9.35. The average molecular weight is 657 g/mol. The van der Waals surface area contributed by atoms with Gasteiger partial charge in [0.25, 0.3) is 0 Å². The first-order valence-electron chi connectivity index (χ1n) is 10.9. The third-order valence-electron chi connectivity index (χ3n) is 5.52. The molecule has 0 amide bonds. The van der Waals surface area contributed by atoms with Gasteiger partial charge in [0.2, 0.25) is 0 Å². The second-order valence-electron chi connectivity index (χ2n) is 10.2. The topological polar surface area (TPSA) is 12.9 Å². The Morgan fingerprint density at radius 1 is 0.677 bits per heavy atom. The normalized spacial score (nSPS) is 12.2. The summed E-state index contributed by atoms with van der Waals surface area (Å²) in [4.78, 5) is 21.4. The molecule has 0 radical (unpaired) electrons. The number of thiazole rings is 1. The number of aromatic nitrogens is 1. The molecule has 4 rings (SSSR count). The van der Waals surface area contributed by atoms with Crippen LogP contribution in [0.25, 0.3) is 9.88 Å². The van der Waals surface area contributed by atoms with Crippen LogP contribution >= 0.6 is 22.7 Å². The van der Waals surface area contributed by atoms with E-state index in [-0.39, 0.29) is 6.71 Å². The van der Waals surface area contributed by atoms with E-state index in [0.29, 0.717) is 0 Å². The molecular weight excluding hydrogens is 627 g/mol. The molecule has 0 aliphatic heterocycles. The molecule has 0 saturated heterocycles. The van der Waals surface area contributed by atoms with Crippen LogP contribution in [0.3, 0.4) is 0 Å². The number of nitrogens with zero attached hydrogens (tertiary/aromatic N) is 1. The summed E-state index contributed by atoms with van der Waals surface area (Å²) in [6.07, 6.45) is 2.18. The summed E-state index contributed by atoms with van der Waals surface area (Å²) in [5.41, 5.74) is 4.15. The van der Waals surface area contributed by atoms with Gasteiger partial charge in [-0.3, -0.25) is 0 Å². The Morgan fingerprint density at radius 2 is 1.19 bits per heavy atom.